The molecule has 0 spiro atoms. The van der Waals surface area contributed by atoms with Gasteiger partial charge in [0.1, 0.15) is 18.5 Å². The molecule has 0 saturated heterocycles. The van der Waals surface area contributed by atoms with Gasteiger partial charge in [0, 0.05) is 31.1 Å². The van der Waals surface area contributed by atoms with Crippen molar-refractivity contribution in [2.24, 2.45) is 11.8 Å². The highest BCUT2D eigenvalue weighted by Gasteiger charge is 2.39. The lowest BCUT2D eigenvalue weighted by Crippen LogP contribution is -2.29. The summed E-state index contributed by atoms with van der Waals surface area (Å²) in [7, 11) is -4.69. The summed E-state index contributed by atoms with van der Waals surface area (Å²) in [5.41, 5.74) is 0. The van der Waals surface area contributed by atoms with Crippen LogP contribution in [-0.2, 0) is 37.5 Å². The van der Waals surface area contributed by atoms with Gasteiger partial charge in [-0.3, -0.25) is 23.4 Å². The van der Waals surface area contributed by atoms with Crippen LogP contribution in [0.3, 0.4) is 0 Å². The SMILES string of the molecule is CCCCC/C=C\C/C=C\CCCCCCCCCC(=O)OC[C@H](COP(=O)(O)OC[C@@H](O)CO)OC(=O)CCCCCC[C@H]1C(=O)C[C@@H](O)[C@@H]1/C=C/[C@@H](O)CCCCC. The van der Waals surface area contributed by atoms with Crippen molar-refractivity contribution in [2.75, 3.05) is 26.4 Å². The van der Waals surface area contributed by atoms with Crippen molar-refractivity contribution < 1.29 is 62.8 Å². The summed E-state index contributed by atoms with van der Waals surface area (Å²) >= 11 is 0. The molecule has 1 fully saturated rings. The fourth-order valence-corrected chi connectivity index (χ4v) is 7.83. The summed E-state index contributed by atoms with van der Waals surface area (Å²) in [6.45, 7) is 1.97. The Morgan fingerprint density at radius 2 is 1.32 bits per heavy atom. The first-order valence-electron chi connectivity index (χ1n) is 23.0. The standard InChI is InChI=1S/C46H81O13P/c1-3-5-7-8-9-10-11-12-13-14-15-16-17-18-19-20-25-29-45(52)56-36-40(37-58-60(54,55)57-35-39(49)34-47)59-46(53)30-26-22-21-24-28-41-42(44(51)33-43(41)50)32-31-38(48)27-23-6-4-2/h9-10,12-13,31-32,38-42,44,47-49,51H,3-8,11,14-30,33-37H2,1-2H3,(H,54,55)/b10-9-,13-12-,32-31+/t38-,39-,40+,41+,42+,44+/m0/s1. The summed E-state index contributed by atoms with van der Waals surface area (Å²) in [6, 6.07) is 0. The third-order valence-electron chi connectivity index (χ3n) is 10.7. The summed E-state index contributed by atoms with van der Waals surface area (Å²) < 4.78 is 32.7. The number of unbranched alkanes of at least 4 members (excludes halogenated alkanes) is 15. The maximum absolute atomic E-state index is 12.7. The van der Waals surface area contributed by atoms with E-state index in [0.717, 1.165) is 70.6 Å². The van der Waals surface area contributed by atoms with Gasteiger partial charge < -0.3 is 34.8 Å². The van der Waals surface area contributed by atoms with E-state index >= 15 is 0 Å². The molecular weight excluding hydrogens is 791 g/mol. The smallest absolute Gasteiger partial charge is 0.462 e. The number of hydrogen-bond donors (Lipinski definition) is 5. The molecule has 14 heteroatoms. The average Bonchev–Trinajstić information content (AvgIpc) is 3.49. The molecule has 0 aliphatic heterocycles. The maximum Gasteiger partial charge on any atom is 0.472 e. The second-order valence-electron chi connectivity index (χ2n) is 16.2. The molecule has 1 saturated carbocycles. The van der Waals surface area contributed by atoms with Crippen LogP contribution in [0, 0.1) is 11.8 Å². The van der Waals surface area contributed by atoms with E-state index in [1.807, 2.05) is 0 Å². The van der Waals surface area contributed by atoms with Crippen LogP contribution in [0.4, 0.5) is 0 Å². The maximum atomic E-state index is 12.7. The lowest BCUT2D eigenvalue weighted by Gasteiger charge is -2.20. The first-order chi connectivity index (χ1) is 28.9. The molecule has 0 aromatic heterocycles. The summed E-state index contributed by atoms with van der Waals surface area (Å²) in [5, 5.41) is 39.1. The molecule has 5 N–H and O–H groups in total. The van der Waals surface area contributed by atoms with Crippen molar-refractivity contribution in [3.05, 3.63) is 36.5 Å². The Labute approximate surface area is 361 Å². The van der Waals surface area contributed by atoms with Gasteiger partial charge in [-0.05, 0) is 57.8 Å². The Kier molecular flexibility index (Phi) is 33.7. The van der Waals surface area contributed by atoms with Crippen LogP contribution in [0.25, 0.3) is 0 Å². The zero-order valence-corrected chi connectivity index (χ0v) is 37.8. The molecular formula is C46H81O13P. The van der Waals surface area contributed by atoms with Gasteiger partial charge in [-0.2, -0.15) is 0 Å². The van der Waals surface area contributed by atoms with Crippen LogP contribution < -0.4 is 0 Å². The zero-order valence-electron chi connectivity index (χ0n) is 36.9. The highest BCUT2D eigenvalue weighted by Crippen LogP contribution is 2.43. The van der Waals surface area contributed by atoms with Crippen molar-refractivity contribution in [2.45, 2.75) is 199 Å². The van der Waals surface area contributed by atoms with Gasteiger partial charge in [0.2, 0.25) is 0 Å². The Hall–Kier alpha value is -2.22. The fourth-order valence-electron chi connectivity index (χ4n) is 7.04. The first-order valence-corrected chi connectivity index (χ1v) is 24.5. The normalized spacial score (nSPS) is 19.6. The molecule has 0 amide bonds. The molecule has 1 aliphatic carbocycles. The summed E-state index contributed by atoms with van der Waals surface area (Å²) in [4.78, 5) is 47.8. The number of hydrogen-bond acceptors (Lipinski definition) is 12. The number of phosphoric acid groups is 1. The molecule has 13 nitrogen and oxygen atoms in total. The van der Waals surface area contributed by atoms with Crippen molar-refractivity contribution in [3.63, 3.8) is 0 Å². The van der Waals surface area contributed by atoms with E-state index in [2.05, 4.69) is 42.7 Å². The molecule has 0 bridgehead atoms. The molecule has 60 heavy (non-hydrogen) atoms. The zero-order chi connectivity index (χ0) is 44.3. The Morgan fingerprint density at radius 1 is 0.750 bits per heavy atom. The number of rotatable bonds is 39. The first kappa shape index (κ1) is 55.8. The molecule has 0 heterocycles. The van der Waals surface area contributed by atoms with Gasteiger partial charge in [-0.25, -0.2) is 4.57 Å². The number of carbonyl (C=O) groups excluding carboxylic acids is 3. The van der Waals surface area contributed by atoms with Crippen molar-refractivity contribution in [3.8, 4) is 0 Å². The highest BCUT2D eigenvalue weighted by molar-refractivity contribution is 7.47. The molecule has 1 aliphatic rings. The second-order valence-corrected chi connectivity index (χ2v) is 17.7. The monoisotopic (exact) mass is 873 g/mol. The van der Waals surface area contributed by atoms with E-state index < -0.39 is 64.0 Å². The Morgan fingerprint density at radius 3 is 1.97 bits per heavy atom. The van der Waals surface area contributed by atoms with E-state index in [0.29, 0.717) is 32.1 Å². The van der Waals surface area contributed by atoms with Gasteiger partial charge in [-0.15, -0.1) is 0 Å². The Bertz CT molecular complexity index is 1250. The topological polar surface area (TPSA) is 206 Å². The lowest BCUT2D eigenvalue weighted by molar-refractivity contribution is -0.161. The van der Waals surface area contributed by atoms with Gasteiger partial charge >= 0.3 is 19.8 Å². The fraction of sp³-hybridized carbons (Fsp3) is 0.804. The lowest BCUT2D eigenvalue weighted by atomic mass is 9.88. The van der Waals surface area contributed by atoms with E-state index in [4.69, 9.17) is 19.1 Å². The third kappa shape index (κ3) is 29.9. The number of aliphatic hydroxyl groups excluding tert-OH is 4. The molecule has 348 valence electrons. The van der Waals surface area contributed by atoms with E-state index in [9.17, 15) is 39.2 Å². The molecule has 7 atom stereocenters. The van der Waals surface area contributed by atoms with Crippen LogP contribution in [0.2, 0.25) is 0 Å². The average molecular weight is 873 g/mol. The number of phosphoric ester groups is 1. The van der Waals surface area contributed by atoms with Crippen LogP contribution in [0.1, 0.15) is 174 Å². The summed E-state index contributed by atoms with van der Waals surface area (Å²) in [6.07, 6.45) is 30.0. The molecule has 0 aromatic rings. The van der Waals surface area contributed by atoms with Crippen molar-refractivity contribution in [1.29, 1.82) is 0 Å². The molecule has 1 rings (SSSR count). The summed E-state index contributed by atoms with van der Waals surface area (Å²) in [5.74, 6) is -1.70. The highest BCUT2D eigenvalue weighted by atomic mass is 31.2. The number of Topliss-reactive ketones (excluding diaryl/α,β-unsaturated/α-hetero) is 1. The minimum absolute atomic E-state index is 0.0227. The minimum Gasteiger partial charge on any atom is -0.462 e. The van der Waals surface area contributed by atoms with Gasteiger partial charge in [0.15, 0.2) is 6.10 Å². The minimum atomic E-state index is -4.69. The quantitative estimate of drug-likeness (QED) is 0.0170. The van der Waals surface area contributed by atoms with Gasteiger partial charge in [-0.1, -0.05) is 134 Å². The van der Waals surface area contributed by atoms with Crippen molar-refractivity contribution >= 4 is 25.5 Å². The van der Waals surface area contributed by atoms with E-state index in [1.165, 1.54) is 38.5 Å². The molecule has 1 unspecified atom stereocenters. The van der Waals surface area contributed by atoms with Gasteiger partial charge in [0.05, 0.1) is 32.0 Å². The largest absolute Gasteiger partial charge is 0.472 e. The predicted molar refractivity (Wildman–Crippen MR) is 234 cm³/mol. The number of ketones is 1. The molecule has 0 radical (unpaired) electrons. The van der Waals surface area contributed by atoms with Crippen LogP contribution in [-0.4, -0.2) is 93.9 Å². The number of esters is 2. The van der Waals surface area contributed by atoms with Crippen molar-refractivity contribution in [1.82, 2.24) is 0 Å². The van der Waals surface area contributed by atoms with E-state index in [-0.39, 0.29) is 43.5 Å². The predicted octanol–water partition coefficient (Wildman–Crippen LogP) is 8.93. The third-order valence-corrected chi connectivity index (χ3v) is 11.6. The number of aliphatic hydroxyl groups is 4. The Balaban J connectivity index is 2.42. The molecule has 0 aromatic carbocycles. The number of ether oxygens (including phenoxy) is 2. The van der Waals surface area contributed by atoms with Crippen LogP contribution in [0.15, 0.2) is 36.5 Å². The van der Waals surface area contributed by atoms with Gasteiger partial charge in [0.25, 0.3) is 0 Å². The van der Waals surface area contributed by atoms with E-state index in [1.54, 1.807) is 12.2 Å². The number of carbonyl (C=O) groups is 3. The second kappa shape index (κ2) is 36.3. The van der Waals surface area contributed by atoms with Crippen LogP contribution in [0.5, 0.6) is 0 Å². The number of allylic oxidation sites excluding steroid dienone is 4. The van der Waals surface area contributed by atoms with Crippen LogP contribution >= 0.6 is 7.82 Å².